The normalized spacial score (nSPS) is 17.1. The molecule has 1 fully saturated rings. The van der Waals surface area contributed by atoms with Crippen molar-refractivity contribution < 1.29 is 18.8 Å². The predicted molar refractivity (Wildman–Crippen MR) is 97.9 cm³/mol. The molecule has 0 bridgehead atoms. The molecule has 0 saturated heterocycles. The number of hydrogen-bond acceptors (Lipinski definition) is 6. The van der Waals surface area contributed by atoms with E-state index in [0.29, 0.717) is 5.89 Å². The number of ketones is 1. The summed E-state index contributed by atoms with van der Waals surface area (Å²) in [4.78, 5) is 27.9. The van der Waals surface area contributed by atoms with Crippen LogP contribution in [0.4, 0.5) is 0 Å². The number of carbonyl (C=O) groups is 2. The van der Waals surface area contributed by atoms with Gasteiger partial charge in [-0.1, -0.05) is 50.1 Å². The maximum atomic E-state index is 12.3. The predicted octanol–water partition coefficient (Wildman–Crippen LogP) is 4.84. The van der Waals surface area contributed by atoms with Crippen LogP contribution < -0.4 is 0 Å². The molecule has 1 aliphatic rings. The Morgan fingerprint density at radius 2 is 1.92 bits per heavy atom. The van der Waals surface area contributed by atoms with Crippen LogP contribution in [-0.4, -0.2) is 27.5 Å². The van der Waals surface area contributed by atoms with E-state index in [4.69, 9.17) is 9.26 Å². The summed E-state index contributed by atoms with van der Waals surface area (Å²) < 4.78 is 10.7. The molecule has 0 amide bonds. The highest BCUT2D eigenvalue weighted by Crippen LogP contribution is 2.31. The molecule has 26 heavy (non-hydrogen) atoms. The Kier molecular flexibility index (Phi) is 7.35. The molecule has 1 heterocycles. The van der Waals surface area contributed by atoms with E-state index in [1.165, 1.54) is 45.4 Å². The molecular formula is C20H32N2O4. The first-order valence-corrected chi connectivity index (χ1v) is 9.81. The van der Waals surface area contributed by atoms with Gasteiger partial charge in [0.05, 0.1) is 6.42 Å². The molecule has 0 radical (unpaired) electrons. The number of aromatic nitrogens is 2. The van der Waals surface area contributed by atoms with Crippen molar-refractivity contribution in [2.24, 2.45) is 5.92 Å². The fourth-order valence-electron chi connectivity index (χ4n) is 3.57. The van der Waals surface area contributed by atoms with Crippen LogP contribution >= 0.6 is 0 Å². The van der Waals surface area contributed by atoms with Gasteiger partial charge < -0.3 is 9.26 Å². The summed E-state index contributed by atoms with van der Waals surface area (Å²) in [5.41, 5.74) is -0.525. The van der Waals surface area contributed by atoms with Crippen LogP contribution in [0.2, 0.25) is 0 Å². The number of nitrogens with zero attached hydrogens (tertiary/aromatic N) is 2. The van der Waals surface area contributed by atoms with Crippen LogP contribution in [0, 0.1) is 5.92 Å². The lowest BCUT2D eigenvalue weighted by Gasteiger charge is -2.23. The van der Waals surface area contributed by atoms with Crippen LogP contribution in [0.5, 0.6) is 0 Å². The third-order valence-corrected chi connectivity index (χ3v) is 4.83. The van der Waals surface area contributed by atoms with Gasteiger partial charge in [-0.2, -0.15) is 4.98 Å². The lowest BCUT2D eigenvalue weighted by molar-refractivity contribution is -0.155. The lowest BCUT2D eigenvalue weighted by atomic mass is 9.84. The SMILES string of the molecule is CC(=O)c1noc([C@H](CCCC2CCCCC2)CC(=O)OC(C)(C)C)n1. The van der Waals surface area contributed by atoms with Gasteiger partial charge >= 0.3 is 5.97 Å². The molecule has 6 nitrogen and oxygen atoms in total. The summed E-state index contributed by atoms with van der Waals surface area (Å²) in [7, 11) is 0. The summed E-state index contributed by atoms with van der Waals surface area (Å²) in [6.07, 6.45) is 9.80. The maximum absolute atomic E-state index is 12.3. The highest BCUT2D eigenvalue weighted by Gasteiger charge is 2.26. The van der Waals surface area contributed by atoms with Gasteiger partial charge in [0, 0.05) is 12.8 Å². The second-order valence-electron chi connectivity index (χ2n) is 8.43. The van der Waals surface area contributed by atoms with E-state index in [1.54, 1.807) is 0 Å². The minimum absolute atomic E-state index is 0.0708. The number of ether oxygens (including phenoxy) is 1. The van der Waals surface area contributed by atoms with Crippen molar-refractivity contribution in [1.29, 1.82) is 0 Å². The van der Waals surface area contributed by atoms with Crippen LogP contribution in [0.25, 0.3) is 0 Å². The molecule has 0 aromatic carbocycles. The molecular weight excluding hydrogens is 332 g/mol. The van der Waals surface area contributed by atoms with Gasteiger partial charge in [0.1, 0.15) is 5.60 Å². The molecule has 0 aliphatic heterocycles. The zero-order valence-corrected chi connectivity index (χ0v) is 16.5. The third-order valence-electron chi connectivity index (χ3n) is 4.83. The molecule has 1 saturated carbocycles. The second kappa shape index (κ2) is 9.28. The average Bonchev–Trinajstić information content (AvgIpc) is 3.03. The zero-order chi connectivity index (χ0) is 19.2. The van der Waals surface area contributed by atoms with Gasteiger partial charge in [0.15, 0.2) is 0 Å². The molecule has 6 heteroatoms. The third kappa shape index (κ3) is 6.89. The fourth-order valence-corrected chi connectivity index (χ4v) is 3.57. The summed E-state index contributed by atoms with van der Waals surface area (Å²) >= 11 is 0. The van der Waals surface area contributed by atoms with Crippen molar-refractivity contribution in [3.63, 3.8) is 0 Å². The molecule has 1 aliphatic carbocycles. The Labute approximate surface area is 156 Å². The molecule has 0 unspecified atom stereocenters. The Bertz CT molecular complexity index is 597. The minimum Gasteiger partial charge on any atom is -0.460 e. The number of esters is 1. The molecule has 1 atom stereocenters. The zero-order valence-electron chi connectivity index (χ0n) is 16.5. The number of rotatable bonds is 8. The summed E-state index contributed by atoms with van der Waals surface area (Å²) in [5.74, 6) is 0.516. The largest absolute Gasteiger partial charge is 0.460 e. The van der Waals surface area contributed by atoms with Gasteiger partial charge in [0.2, 0.25) is 17.5 Å². The summed E-state index contributed by atoms with van der Waals surface area (Å²) in [5, 5.41) is 3.73. The van der Waals surface area contributed by atoms with Gasteiger partial charge in [-0.25, -0.2) is 0 Å². The minimum atomic E-state index is -0.525. The van der Waals surface area contributed by atoms with Crippen LogP contribution in [0.15, 0.2) is 4.52 Å². The Morgan fingerprint density at radius 3 is 2.50 bits per heavy atom. The van der Waals surface area contributed by atoms with Crippen molar-refractivity contribution in [2.45, 2.75) is 97.0 Å². The maximum Gasteiger partial charge on any atom is 0.307 e. The van der Waals surface area contributed by atoms with E-state index >= 15 is 0 Å². The van der Waals surface area contributed by atoms with Crippen LogP contribution in [0.1, 0.15) is 108 Å². The molecule has 1 aromatic rings. The quantitative estimate of drug-likeness (QED) is 0.485. The topological polar surface area (TPSA) is 82.3 Å². The Hall–Kier alpha value is -1.72. The molecule has 2 rings (SSSR count). The first kappa shape index (κ1) is 20.6. The van der Waals surface area contributed by atoms with E-state index in [1.807, 2.05) is 20.8 Å². The molecule has 1 aromatic heterocycles. The average molecular weight is 364 g/mol. The van der Waals surface area contributed by atoms with Gasteiger partial charge in [-0.15, -0.1) is 0 Å². The Morgan fingerprint density at radius 1 is 1.23 bits per heavy atom. The Balaban J connectivity index is 1.97. The highest BCUT2D eigenvalue weighted by atomic mass is 16.6. The van der Waals surface area contributed by atoms with Crippen molar-refractivity contribution >= 4 is 11.8 Å². The van der Waals surface area contributed by atoms with E-state index < -0.39 is 5.60 Å². The van der Waals surface area contributed by atoms with Crippen LogP contribution in [0.3, 0.4) is 0 Å². The van der Waals surface area contributed by atoms with E-state index in [0.717, 1.165) is 18.8 Å². The lowest BCUT2D eigenvalue weighted by Crippen LogP contribution is -2.25. The number of carbonyl (C=O) groups excluding carboxylic acids is 2. The summed E-state index contributed by atoms with van der Waals surface area (Å²) in [6.45, 7) is 6.96. The second-order valence-corrected chi connectivity index (χ2v) is 8.43. The van der Waals surface area contributed by atoms with E-state index in [2.05, 4.69) is 10.1 Å². The van der Waals surface area contributed by atoms with E-state index in [9.17, 15) is 9.59 Å². The van der Waals surface area contributed by atoms with Crippen molar-refractivity contribution in [3.8, 4) is 0 Å². The molecule has 146 valence electrons. The number of Topliss-reactive ketones (excluding diaryl/α,β-unsaturated/α-hetero) is 1. The fraction of sp³-hybridized carbons (Fsp3) is 0.800. The van der Waals surface area contributed by atoms with Gasteiger partial charge in [-0.3, -0.25) is 9.59 Å². The highest BCUT2D eigenvalue weighted by molar-refractivity contribution is 5.89. The van der Waals surface area contributed by atoms with Crippen molar-refractivity contribution in [1.82, 2.24) is 10.1 Å². The first-order valence-electron chi connectivity index (χ1n) is 9.81. The van der Waals surface area contributed by atoms with E-state index in [-0.39, 0.29) is 29.9 Å². The van der Waals surface area contributed by atoms with Crippen molar-refractivity contribution in [3.05, 3.63) is 11.7 Å². The van der Waals surface area contributed by atoms with Crippen molar-refractivity contribution in [2.75, 3.05) is 0 Å². The van der Waals surface area contributed by atoms with Gasteiger partial charge in [-0.05, 0) is 33.1 Å². The molecule has 0 spiro atoms. The number of hydrogen-bond donors (Lipinski definition) is 0. The van der Waals surface area contributed by atoms with Gasteiger partial charge in [0.25, 0.3) is 0 Å². The smallest absolute Gasteiger partial charge is 0.307 e. The standard InChI is InChI=1S/C20H32N2O4/c1-14(23)18-21-19(26-22-18)16(13-17(24)25-20(2,3)4)12-8-11-15-9-6-5-7-10-15/h15-16H,5-13H2,1-4H3/t16-/m1/s1. The van der Waals surface area contributed by atoms with Crippen LogP contribution in [-0.2, 0) is 9.53 Å². The first-order chi connectivity index (χ1) is 12.2. The molecule has 0 N–H and O–H groups in total. The monoisotopic (exact) mass is 364 g/mol. The summed E-state index contributed by atoms with van der Waals surface area (Å²) in [6, 6.07) is 0.